The lowest BCUT2D eigenvalue weighted by Gasteiger charge is -2.32. The van der Waals surface area contributed by atoms with Crippen LogP contribution in [0.15, 0.2) is 55.0 Å². The summed E-state index contributed by atoms with van der Waals surface area (Å²) in [5, 5.41) is 4.43. The maximum atomic E-state index is 13.1. The van der Waals surface area contributed by atoms with Gasteiger partial charge in [-0.05, 0) is 56.0 Å². The van der Waals surface area contributed by atoms with Crippen molar-refractivity contribution < 1.29 is 9.53 Å². The van der Waals surface area contributed by atoms with Crippen LogP contribution in [0.4, 0.5) is 0 Å². The molecule has 3 heterocycles. The van der Waals surface area contributed by atoms with Gasteiger partial charge in [-0.15, -0.1) is 0 Å². The lowest BCUT2D eigenvalue weighted by atomic mass is 10.0. The Kier molecular flexibility index (Phi) is 6.23. The number of ether oxygens (including phenoxy) is 1. The lowest BCUT2D eigenvalue weighted by molar-refractivity contribution is -0.000468. The second-order valence-corrected chi connectivity index (χ2v) is 7.70. The van der Waals surface area contributed by atoms with Gasteiger partial charge in [0.2, 0.25) is 0 Å². The van der Waals surface area contributed by atoms with Gasteiger partial charge in [0.15, 0.2) is 0 Å². The van der Waals surface area contributed by atoms with Crippen molar-refractivity contribution in [3.05, 3.63) is 71.8 Å². The fraction of sp³-hybridized carbons (Fsp3) is 0.375. The molecular formula is C24H28N4O2. The summed E-state index contributed by atoms with van der Waals surface area (Å²) in [4.78, 5) is 19.1. The topological polar surface area (TPSA) is 60.2 Å². The molecule has 1 fully saturated rings. The number of carbonyl (C=O) groups is 1. The van der Waals surface area contributed by atoms with Gasteiger partial charge in [0.05, 0.1) is 18.9 Å². The van der Waals surface area contributed by atoms with Gasteiger partial charge in [0.25, 0.3) is 5.91 Å². The quantitative estimate of drug-likeness (QED) is 0.621. The summed E-state index contributed by atoms with van der Waals surface area (Å²) in [6.45, 7) is 6.98. The van der Waals surface area contributed by atoms with Gasteiger partial charge in [0.1, 0.15) is 0 Å². The zero-order valence-electron chi connectivity index (χ0n) is 17.6. The van der Waals surface area contributed by atoms with Gasteiger partial charge < -0.3 is 9.64 Å². The van der Waals surface area contributed by atoms with E-state index in [0.29, 0.717) is 19.7 Å². The number of hydrogen-bond donors (Lipinski definition) is 0. The van der Waals surface area contributed by atoms with E-state index in [1.165, 1.54) is 0 Å². The average Bonchev–Trinajstić information content (AvgIpc) is 3.18. The number of aromatic nitrogens is 3. The molecule has 1 aromatic carbocycles. The third kappa shape index (κ3) is 4.44. The number of aryl methyl sites for hydroxylation is 1. The molecule has 6 nitrogen and oxygen atoms in total. The van der Waals surface area contributed by atoms with Crippen LogP contribution in [0.3, 0.4) is 0 Å². The molecule has 0 radical (unpaired) electrons. The summed E-state index contributed by atoms with van der Waals surface area (Å²) in [5.41, 5.74) is 5.04. The molecule has 0 aliphatic carbocycles. The first-order valence-electron chi connectivity index (χ1n) is 10.6. The summed E-state index contributed by atoms with van der Waals surface area (Å²) in [5.74, 6) is 0.0862. The molecule has 0 spiro atoms. The van der Waals surface area contributed by atoms with E-state index >= 15 is 0 Å². The number of likely N-dealkylation sites (tertiary alicyclic amines) is 1. The van der Waals surface area contributed by atoms with Crippen molar-refractivity contribution in [2.75, 3.05) is 13.1 Å². The van der Waals surface area contributed by atoms with E-state index in [9.17, 15) is 4.79 Å². The Balaban J connectivity index is 1.37. The Hall–Kier alpha value is -2.99. The highest BCUT2D eigenvalue weighted by Crippen LogP contribution is 2.25. The van der Waals surface area contributed by atoms with Crippen LogP contribution >= 0.6 is 0 Å². The van der Waals surface area contributed by atoms with Gasteiger partial charge >= 0.3 is 0 Å². The highest BCUT2D eigenvalue weighted by molar-refractivity contribution is 5.95. The standard InChI is InChI=1S/C24H28N4O2/c1-3-28-18(2)23(16-26-28)20-7-4-8-21(14-20)24(29)27-12-9-22(10-13-27)30-17-19-6-5-11-25-15-19/h4-8,11,14-16,22H,3,9-10,12-13,17H2,1-2H3. The second kappa shape index (κ2) is 9.22. The Morgan fingerprint density at radius 2 is 2.00 bits per heavy atom. The molecule has 1 amide bonds. The molecule has 0 atom stereocenters. The molecule has 156 valence electrons. The number of benzene rings is 1. The number of piperidine rings is 1. The van der Waals surface area contributed by atoms with Gasteiger partial charge in [-0.2, -0.15) is 5.10 Å². The lowest BCUT2D eigenvalue weighted by Crippen LogP contribution is -2.40. The molecule has 0 N–H and O–H groups in total. The molecule has 30 heavy (non-hydrogen) atoms. The third-order valence-electron chi connectivity index (χ3n) is 5.76. The smallest absolute Gasteiger partial charge is 0.253 e. The molecule has 4 rings (SSSR count). The first-order chi connectivity index (χ1) is 14.7. The number of rotatable bonds is 6. The predicted octanol–water partition coefficient (Wildman–Crippen LogP) is 4.09. The number of pyridine rings is 1. The first-order valence-corrected chi connectivity index (χ1v) is 10.6. The van der Waals surface area contributed by atoms with Crippen LogP contribution in [0.5, 0.6) is 0 Å². The number of amides is 1. The van der Waals surface area contributed by atoms with E-state index < -0.39 is 0 Å². The summed E-state index contributed by atoms with van der Waals surface area (Å²) in [6, 6.07) is 11.8. The minimum atomic E-state index is 0.0862. The SMILES string of the molecule is CCn1ncc(-c2cccc(C(=O)N3CCC(OCc4cccnc4)CC3)c2)c1C. The zero-order valence-corrected chi connectivity index (χ0v) is 17.6. The van der Waals surface area contributed by atoms with Crippen LogP contribution in [0.2, 0.25) is 0 Å². The molecule has 1 aliphatic rings. The second-order valence-electron chi connectivity index (χ2n) is 7.70. The molecule has 0 saturated carbocycles. The molecule has 0 bridgehead atoms. The average molecular weight is 405 g/mol. The van der Waals surface area contributed by atoms with Crippen molar-refractivity contribution in [1.29, 1.82) is 0 Å². The van der Waals surface area contributed by atoms with E-state index in [1.54, 1.807) is 6.20 Å². The van der Waals surface area contributed by atoms with Crippen LogP contribution in [0.1, 0.15) is 41.4 Å². The third-order valence-corrected chi connectivity index (χ3v) is 5.76. The Bertz CT molecular complexity index is 991. The van der Waals surface area contributed by atoms with E-state index in [-0.39, 0.29) is 12.0 Å². The molecule has 1 aliphatic heterocycles. The van der Waals surface area contributed by atoms with E-state index in [0.717, 1.165) is 47.3 Å². The van der Waals surface area contributed by atoms with Crippen molar-refractivity contribution in [2.24, 2.45) is 0 Å². The monoisotopic (exact) mass is 404 g/mol. The maximum Gasteiger partial charge on any atom is 0.253 e. The summed E-state index contributed by atoms with van der Waals surface area (Å²) >= 11 is 0. The number of carbonyl (C=O) groups excluding carboxylic acids is 1. The molecular weight excluding hydrogens is 376 g/mol. The number of hydrogen-bond acceptors (Lipinski definition) is 4. The summed E-state index contributed by atoms with van der Waals surface area (Å²) in [7, 11) is 0. The minimum Gasteiger partial charge on any atom is -0.373 e. The van der Waals surface area contributed by atoms with Crippen LogP contribution in [0, 0.1) is 6.92 Å². The fourth-order valence-corrected chi connectivity index (χ4v) is 3.97. The van der Waals surface area contributed by atoms with Crippen molar-refractivity contribution in [3.8, 4) is 11.1 Å². The van der Waals surface area contributed by atoms with Crippen molar-refractivity contribution in [1.82, 2.24) is 19.7 Å². The first kappa shape index (κ1) is 20.3. The molecule has 2 aromatic heterocycles. The fourth-order valence-electron chi connectivity index (χ4n) is 3.97. The normalized spacial score (nSPS) is 14.8. The van der Waals surface area contributed by atoms with E-state index in [2.05, 4.69) is 23.9 Å². The summed E-state index contributed by atoms with van der Waals surface area (Å²) < 4.78 is 7.99. The van der Waals surface area contributed by atoms with Crippen LogP contribution < -0.4 is 0 Å². The maximum absolute atomic E-state index is 13.1. The van der Waals surface area contributed by atoms with E-state index in [4.69, 9.17) is 4.74 Å². The van der Waals surface area contributed by atoms with Gasteiger partial charge in [-0.3, -0.25) is 14.5 Å². The van der Waals surface area contributed by atoms with Crippen molar-refractivity contribution >= 4 is 5.91 Å². The van der Waals surface area contributed by atoms with Crippen molar-refractivity contribution in [2.45, 2.75) is 45.9 Å². The van der Waals surface area contributed by atoms with Gasteiger partial charge in [0, 0.05) is 48.8 Å². The van der Waals surface area contributed by atoms with Crippen molar-refractivity contribution in [3.63, 3.8) is 0 Å². The van der Waals surface area contributed by atoms with Gasteiger partial charge in [-0.25, -0.2) is 0 Å². The highest BCUT2D eigenvalue weighted by atomic mass is 16.5. The zero-order chi connectivity index (χ0) is 20.9. The minimum absolute atomic E-state index is 0.0862. The Morgan fingerprint density at radius 3 is 2.70 bits per heavy atom. The predicted molar refractivity (Wildman–Crippen MR) is 116 cm³/mol. The van der Waals surface area contributed by atoms with Crippen LogP contribution in [-0.2, 0) is 17.9 Å². The molecule has 0 unspecified atom stereocenters. The van der Waals surface area contributed by atoms with Crippen LogP contribution in [0.25, 0.3) is 11.1 Å². The Morgan fingerprint density at radius 1 is 1.17 bits per heavy atom. The Labute approximate surface area is 177 Å². The number of nitrogens with zero attached hydrogens (tertiary/aromatic N) is 4. The molecule has 6 heteroatoms. The highest BCUT2D eigenvalue weighted by Gasteiger charge is 2.24. The van der Waals surface area contributed by atoms with Gasteiger partial charge in [-0.1, -0.05) is 18.2 Å². The largest absolute Gasteiger partial charge is 0.373 e. The molecule has 1 saturated heterocycles. The molecule has 3 aromatic rings. The summed E-state index contributed by atoms with van der Waals surface area (Å²) in [6.07, 6.45) is 7.37. The van der Waals surface area contributed by atoms with E-state index in [1.807, 2.05) is 58.4 Å². The van der Waals surface area contributed by atoms with Crippen LogP contribution in [-0.4, -0.2) is 44.8 Å².